The number of ether oxygens (including phenoxy) is 1. The molecule has 0 bridgehead atoms. The highest BCUT2D eigenvalue weighted by atomic mass is 32.2. The van der Waals surface area contributed by atoms with Crippen LogP contribution in [-0.4, -0.2) is 92.9 Å². The minimum absolute atomic E-state index is 0.00534. The molecule has 0 spiro atoms. The monoisotopic (exact) mass is 612 g/mol. The second-order valence-electron chi connectivity index (χ2n) is 10.8. The van der Waals surface area contributed by atoms with Crippen molar-refractivity contribution >= 4 is 27.7 Å². The quantitative estimate of drug-likeness (QED) is 0.269. The lowest BCUT2D eigenvalue weighted by molar-refractivity contribution is -0.185. The number of benzene rings is 1. The normalized spacial score (nSPS) is 22.8. The van der Waals surface area contributed by atoms with E-state index in [1.807, 2.05) is 6.08 Å². The number of nitrogens with zero attached hydrogens (tertiary/aromatic N) is 2. The Morgan fingerprint density at radius 3 is 2.45 bits per heavy atom. The lowest BCUT2D eigenvalue weighted by Gasteiger charge is -2.42. The van der Waals surface area contributed by atoms with Crippen molar-refractivity contribution in [3.8, 4) is 0 Å². The Bertz CT molecular complexity index is 1420. The van der Waals surface area contributed by atoms with Crippen molar-refractivity contribution < 1.29 is 40.7 Å². The first-order valence-electron chi connectivity index (χ1n) is 13.6. The molecule has 1 aromatic carbocycles. The van der Waals surface area contributed by atoms with Gasteiger partial charge in [0.15, 0.2) is 11.3 Å². The number of hydrogen-bond acceptors (Lipinski definition) is 8. The largest absolute Gasteiger partial charge is 0.471 e. The Hall–Kier alpha value is -3.07. The number of nitrogens with two attached hydrogens (primary N) is 1. The van der Waals surface area contributed by atoms with Crippen molar-refractivity contribution in [1.82, 2.24) is 14.5 Å². The molecule has 1 unspecified atom stereocenters. The Morgan fingerprint density at radius 1 is 1.14 bits per heavy atom. The van der Waals surface area contributed by atoms with E-state index in [0.717, 1.165) is 30.0 Å². The SMILES string of the molecule is COC(=O)[C@]1(C(=O)C(N)CC2=CCCNC2)CC(C)=CCN1S(=O)(=O)c1ccc2c(c1)CCN(C(=O)C(F)(F)F)CC2. The van der Waals surface area contributed by atoms with E-state index in [9.17, 15) is 36.0 Å². The van der Waals surface area contributed by atoms with E-state index >= 15 is 0 Å². The average molecular weight is 613 g/mol. The molecule has 1 aromatic rings. The number of halogens is 3. The van der Waals surface area contributed by atoms with E-state index in [4.69, 9.17) is 10.5 Å². The summed E-state index contributed by atoms with van der Waals surface area (Å²) in [6.45, 7) is 2.28. The highest BCUT2D eigenvalue weighted by molar-refractivity contribution is 7.89. The number of hydrogen-bond donors (Lipinski definition) is 2. The number of fused-ring (bicyclic) bond motifs is 1. The second kappa shape index (κ2) is 12.3. The molecule has 0 aromatic heterocycles. The first kappa shape index (κ1) is 31.9. The van der Waals surface area contributed by atoms with E-state index in [0.29, 0.717) is 28.1 Å². The highest BCUT2D eigenvalue weighted by Gasteiger charge is 2.58. The van der Waals surface area contributed by atoms with Crippen LogP contribution < -0.4 is 11.1 Å². The minimum atomic E-state index is -5.01. The van der Waals surface area contributed by atoms with Crippen LogP contribution >= 0.6 is 0 Å². The smallest absolute Gasteiger partial charge is 0.467 e. The van der Waals surface area contributed by atoms with E-state index < -0.39 is 45.4 Å². The van der Waals surface area contributed by atoms with E-state index in [1.165, 1.54) is 18.2 Å². The summed E-state index contributed by atoms with van der Waals surface area (Å²) in [7, 11) is -3.46. The van der Waals surface area contributed by atoms with Crippen molar-refractivity contribution in [3.05, 3.63) is 52.6 Å². The van der Waals surface area contributed by atoms with E-state index in [1.54, 1.807) is 13.0 Å². The van der Waals surface area contributed by atoms with Crippen LogP contribution in [-0.2, 0) is 42.0 Å². The zero-order valence-corrected chi connectivity index (χ0v) is 24.3. The predicted molar refractivity (Wildman–Crippen MR) is 147 cm³/mol. The van der Waals surface area contributed by atoms with Crippen LogP contribution in [0.2, 0.25) is 0 Å². The van der Waals surface area contributed by atoms with E-state index in [2.05, 4.69) is 5.32 Å². The van der Waals surface area contributed by atoms with Gasteiger partial charge in [-0.05, 0) is 62.4 Å². The van der Waals surface area contributed by atoms with Gasteiger partial charge in [0, 0.05) is 32.6 Å². The van der Waals surface area contributed by atoms with Gasteiger partial charge in [-0.2, -0.15) is 17.5 Å². The summed E-state index contributed by atoms with van der Waals surface area (Å²) in [4.78, 5) is 39.7. The molecule has 4 rings (SSSR count). The molecule has 0 aliphatic carbocycles. The fraction of sp³-hybridized carbons (Fsp3) is 0.536. The Balaban J connectivity index is 1.70. The van der Waals surface area contributed by atoms with Gasteiger partial charge in [0.05, 0.1) is 18.0 Å². The molecular weight excluding hydrogens is 577 g/mol. The Labute approximate surface area is 242 Å². The molecule has 42 heavy (non-hydrogen) atoms. The molecule has 0 radical (unpaired) electrons. The molecule has 3 aliphatic rings. The van der Waals surface area contributed by atoms with Gasteiger partial charge in [-0.3, -0.25) is 9.59 Å². The molecule has 1 amide bonds. The zero-order chi connectivity index (χ0) is 30.9. The Kier molecular flexibility index (Phi) is 9.31. The standard InChI is InChI=1S/C28H35F3N4O6S/c1-18-7-13-35(27(16-18,26(38)41-2)24(36)23(32)14-19-4-3-10-33-17-19)42(39,40)22-6-5-20-8-11-34(12-9-21(20)15-22)25(37)28(29,30)31/h4-7,15,23,33H,3,8-14,16-17,32H2,1-2H3/t23?,27-/m1/s1. The van der Waals surface area contributed by atoms with Gasteiger partial charge in [-0.15, -0.1) is 0 Å². The van der Waals surface area contributed by atoms with Gasteiger partial charge in [0.1, 0.15) is 0 Å². The summed E-state index contributed by atoms with van der Waals surface area (Å²) in [6.07, 6.45) is -0.707. The molecule has 14 heteroatoms. The topological polar surface area (TPSA) is 139 Å². The number of alkyl halides is 3. The number of esters is 1. The maximum absolute atomic E-state index is 14.2. The van der Waals surface area contributed by atoms with E-state index in [-0.39, 0.29) is 50.2 Å². The highest BCUT2D eigenvalue weighted by Crippen LogP contribution is 2.37. The molecule has 3 N–H and O–H groups in total. The van der Waals surface area contributed by atoms with Gasteiger partial charge in [-0.25, -0.2) is 13.2 Å². The fourth-order valence-electron chi connectivity index (χ4n) is 5.82. The van der Waals surface area contributed by atoms with Gasteiger partial charge in [0.25, 0.3) is 0 Å². The summed E-state index contributed by atoms with van der Waals surface area (Å²) in [5, 5.41) is 3.19. The molecule has 3 aliphatic heterocycles. The predicted octanol–water partition coefficient (Wildman–Crippen LogP) is 1.63. The maximum atomic E-state index is 14.2. The molecule has 10 nitrogen and oxygen atoms in total. The molecule has 3 heterocycles. The van der Waals surface area contributed by atoms with Crippen LogP contribution in [0, 0.1) is 0 Å². The molecular formula is C28H35F3N4O6S. The van der Waals surface area contributed by atoms with Crippen molar-refractivity contribution in [2.45, 2.75) is 61.7 Å². The molecule has 0 saturated carbocycles. The maximum Gasteiger partial charge on any atom is 0.471 e. The number of methoxy groups -OCH3 is 1. The third kappa shape index (κ3) is 6.17. The third-order valence-corrected chi connectivity index (χ3v) is 9.91. The number of Topliss-reactive ketones (excluding diaryl/α,β-unsaturated/α-hetero) is 1. The summed E-state index contributed by atoms with van der Waals surface area (Å²) in [5.74, 6) is -3.78. The first-order chi connectivity index (χ1) is 19.7. The lowest BCUT2D eigenvalue weighted by atomic mass is 9.80. The molecule has 230 valence electrons. The molecule has 2 atom stereocenters. The number of sulfonamides is 1. The van der Waals surface area contributed by atoms with Crippen LogP contribution in [0.4, 0.5) is 13.2 Å². The number of amides is 1. The summed E-state index contributed by atoms with van der Waals surface area (Å²) >= 11 is 0. The summed E-state index contributed by atoms with van der Waals surface area (Å²) < 4.78 is 73.2. The number of rotatable bonds is 7. The lowest BCUT2D eigenvalue weighted by Crippen LogP contribution is -2.67. The first-order valence-corrected chi connectivity index (χ1v) is 15.1. The summed E-state index contributed by atoms with van der Waals surface area (Å²) in [6, 6.07) is 2.93. The van der Waals surface area contributed by atoms with Crippen LogP contribution in [0.3, 0.4) is 0 Å². The van der Waals surface area contributed by atoms with Crippen LogP contribution in [0.25, 0.3) is 0 Å². The Morgan fingerprint density at radius 2 is 1.83 bits per heavy atom. The summed E-state index contributed by atoms with van der Waals surface area (Å²) in [5.41, 5.74) is 6.65. The van der Waals surface area contributed by atoms with Crippen molar-refractivity contribution in [1.29, 1.82) is 0 Å². The fourth-order valence-corrected chi connectivity index (χ4v) is 7.52. The minimum Gasteiger partial charge on any atom is -0.467 e. The zero-order valence-electron chi connectivity index (χ0n) is 23.5. The van der Waals surface area contributed by atoms with Crippen molar-refractivity contribution in [3.63, 3.8) is 0 Å². The van der Waals surface area contributed by atoms with Crippen molar-refractivity contribution in [2.75, 3.05) is 39.8 Å². The number of carbonyl (C=O) groups excluding carboxylic acids is 3. The molecule has 0 saturated heterocycles. The van der Waals surface area contributed by atoms with Gasteiger partial charge in [0.2, 0.25) is 10.0 Å². The second-order valence-corrected chi connectivity index (χ2v) is 12.7. The van der Waals surface area contributed by atoms with Crippen molar-refractivity contribution in [2.24, 2.45) is 5.73 Å². The molecule has 0 fully saturated rings. The van der Waals surface area contributed by atoms with Gasteiger partial charge >= 0.3 is 18.1 Å². The third-order valence-electron chi connectivity index (χ3n) is 8.02. The van der Waals surface area contributed by atoms with Crippen LogP contribution in [0.5, 0.6) is 0 Å². The van der Waals surface area contributed by atoms with Crippen LogP contribution in [0.15, 0.2) is 46.4 Å². The van der Waals surface area contributed by atoms with Gasteiger partial charge < -0.3 is 20.7 Å². The number of carbonyl (C=O) groups is 3. The number of nitrogens with one attached hydrogen (secondary N) is 1. The van der Waals surface area contributed by atoms with Crippen LogP contribution in [0.1, 0.15) is 37.3 Å². The average Bonchev–Trinajstić information content (AvgIpc) is 3.17. The van der Waals surface area contributed by atoms with Gasteiger partial charge in [-0.1, -0.05) is 29.4 Å². The number of ketones is 1.